The molecule has 8 nitrogen and oxygen atoms in total. The first-order chi connectivity index (χ1) is 12.0. The Hall–Kier alpha value is -2.42. The van der Waals surface area contributed by atoms with Gasteiger partial charge in [0.15, 0.2) is 5.13 Å². The predicted octanol–water partition coefficient (Wildman–Crippen LogP) is 0.995. The third kappa shape index (κ3) is 4.36. The lowest BCUT2D eigenvalue weighted by atomic mass is 10.3. The molecule has 1 fully saturated rings. The fourth-order valence-corrected chi connectivity index (χ4v) is 3.41. The number of rotatable bonds is 4. The van der Waals surface area contributed by atoms with E-state index in [0.717, 1.165) is 12.0 Å². The van der Waals surface area contributed by atoms with Crippen LogP contribution < -0.4 is 5.73 Å². The zero-order valence-electron chi connectivity index (χ0n) is 14.2. The maximum absolute atomic E-state index is 12.5. The van der Waals surface area contributed by atoms with Crippen molar-refractivity contribution in [3.05, 3.63) is 29.0 Å². The van der Waals surface area contributed by atoms with E-state index in [9.17, 15) is 9.59 Å². The lowest BCUT2D eigenvalue weighted by Crippen LogP contribution is -2.37. The van der Waals surface area contributed by atoms with Crippen LogP contribution in [0.25, 0.3) is 0 Å². The lowest BCUT2D eigenvalue weighted by molar-refractivity contribution is -0.131. The fraction of sp³-hybridized carbons (Fsp3) is 0.500. The highest BCUT2D eigenvalue weighted by Crippen LogP contribution is 2.15. The van der Waals surface area contributed by atoms with Gasteiger partial charge in [0.05, 0.1) is 6.20 Å². The van der Waals surface area contributed by atoms with Crippen LogP contribution in [0.5, 0.6) is 0 Å². The minimum absolute atomic E-state index is 0.0976. The molecule has 1 aliphatic rings. The highest BCUT2D eigenvalue weighted by molar-refractivity contribution is 7.13. The molecule has 0 unspecified atom stereocenters. The molecule has 0 aliphatic carbocycles. The minimum Gasteiger partial charge on any atom is -0.375 e. The maximum atomic E-state index is 12.5. The van der Waals surface area contributed by atoms with Crippen LogP contribution >= 0.6 is 11.3 Å². The number of aromatic nitrogens is 3. The summed E-state index contributed by atoms with van der Waals surface area (Å²) in [5.74, 6) is -0.0189. The topological polar surface area (TPSA) is 97.4 Å². The standard InChI is InChI=1S/C16H22N6O2S/c1-12-9-18-22(10-12)6-3-14(23)20-4-2-5-21(8-7-20)15(24)13-11-25-16(17)19-13/h9-11H,2-8H2,1H3,(H2,17,19). The van der Waals surface area contributed by atoms with Gasteiger partial charge in [0, 0.05) is 50.7 Å². The Morgan fingerprint density at radius 3 is 2.68 bits per heavy atom. The van der Waals surface area contributed by atoms with E-state index in [4.69, 9.17) is 5.73 Å². The van der Waals surface area contributed by atoms with Crippen molar-refractivity contribution in [1.29, 1.82) is 0 Å². The van der Waals surface area contributed by atoms with Crippen LogP contribution in [0, 0.1) is 6.92 Å². The zero-order valence-corrected chi connectivity index (χ0v) is 15.0. The van der Waals surface area contributed by atoms with Crippen molar-refractivity contribution < 1.29 is 9.59 Å². The average molecular weight is 362 g/mol. The summed E-state index contributed by atoms with van der Waals surface area (Å²) in [6.07, 6.45) is 4.89. The van der Waals surface area contributed by atoms with Crippen LogP contribution in [0.2, 0.25) is 0 Å². The number of carbonyl (C=O) groups is 2. The van der Waals surface area contributed by atoms with E-state index in [0.29, 0.717) is 50.0 Å². The van der Waals surface area contributed by atoms with Gasteiger partial charge in [-0.3, -0.25) is 14.3 Å². The Morgan fingerprint density at radius 1 is 1.24 bits per heavy atom. The summed E-state index contributed by atoms with van der Waals surface area (Å²) in [6, 6.07) is 0. The van der Waals surface area contributed by atoms with Gasteiger partial charge < -0.3 is 15.5 Å². The first-order valence-electron chi connectivity index (χ1n) is 8.30. The first kappa shape index (κ1) is 17.4. The van der Waals surface area contributed by atoms with Crippen LogP contribution in [0.3, 0.4) is 0 Å². The second-order valence-corrected chi connectivity index (χ2v) is 7.02. The van der Waals surface area contributed by atoms with Crippen LogP contribution in [0.1, 0.15) is 28.9 Å². The van der Waals surface area contributed by atoms with E-state index in [1.165, 1.54) is 11.3 Å². The molecular formula is C16H22N6O2S. The number of thiazole rings is 1. The molecule has 0 aromatic carbocycles. The fourth-order valence-electron chi connectivity index (χ4n) is 2.88. The summed E-state index contributed by atoms with van der Waals surface area (Å²) in [5.41, 5.74) is 7.07. The van der Waals surface area contributed by atoms with Gasteiger partial charge in [0.25, 0.3) is 5.91 Å². The molecule has 1 aliphatic heterocycles. The molecule has 0 atom stereocenters. The molecule has 9 heteroatoms. The molecule has 0 saturated carbocycles. The molecule has 3 rings (SSSR count). The minimum atomic E-state index is -0.116. The van der Waals surface area contributed by atoms with Crippen LogP contribution in [0.15, 0.2) is 17.8 Å². The number of carbonyl (C=O) groups excluding carboxylic acids is 2. The van der Waals surface area contributed by atoms with Crippen molar-refractivity contribution in [2.45, 2.75) is 26.3 Å². The summed E-state index contributed by atoms with van der Waals surface area (Å²) >= 11 is 1.26. The molecule has 1 saturated heterocycles. The Labute approximate surface area is 150 Å². The molecular weight excluding hydrogens is 340 g/mol. The van der Waals surface area contributed by atoms with Crippen molar-refractivity contribution in [2.24, 2.45) is 0 Å². The van der Waals surface area contributed by atoms with Gasteiger partial charge in [-0.05, 0) is 18.9 Å². The molecule has 2 aromatic heterocycles. The number of hydrogen-bond donors (Lipinski definition) is 1. The van der Waals surface area contributed by atoms with Crippen LogP contribution in [-0.4, -0.2) is 62.6 Å². The molecule has 2 aromatic rings. The molecule has 3 heterocycles. The maximum Gasteiger partial charge on any atom is 0.273 e. The van der Waals surface area contributed by atoms with Crippen molar-refractivity contribution >= 4 is 28.3 Å². The van der Waals surface area contributed by atoms with Crippen molar-refractivity contribution in [1.82, 2.24) is 24.6 Å². The second-order valence-electron chi connectivity index (χ2n) is 6.13. The van der Waals surface area contributed by atoms with E-state index in [-0.39, 0.29) is 11.8 Å². The van der Waals surface area contributed by atoms with Gasteiger partial charge in [-0.15, -0.1) is 11.3 Å². The highest BCUT2D eigenvalue weighted by atomic mass is 32.1. The van der Waals surface area contributed by atoms with E-state index < -0.39 is 0 Å². The van der Waals surface area contributed by atoms with Crippen molar-refractivity contribution in [3.8, 4) is 0 Å². The summed E-state index contributed by atoms with van der Waals surface area (Å²) < 4.78 is 1.79. The Balaban J connectivity index is 1.52. The largest absolute Gasteiger partial charge is 0.375 e. The number of amides is 2. The summed E-state index contributed by atoms with van der Waals surface area (Å²) in [4.78, 5) is 32.5. The smallest absolute Gasteiger partial charge is 0.273 e. The number of nitrogens with zero attached hydrogens (tertiary/aromatic N) is 5. The van der Waals surface area contributed by atoms with Gasteiger partial charge in [-0.2, -0.15) is 5.10 Å². The molecule has 2 amide bonds. The Kier molecular flexibility index (Phi) is 5.32. The molecule has 0 radical (unpaired) electrons. The molecule has 0 spiro atoms. The van der Waals surface area contributed by atoms with Gasteiger partial charge in [-0.25, -0.2) is 4.98 Å². The second kappa shape index (κ2) is 7.64. The quantitative estimate of drug-likeness (QED) is 0.875. The summed E-state index contributed by atoms with van der Waals surface area (Å²) in [6.45, 7) is 4.90. The van der Waals surface area contributed by atoms with Gasteiger partial charge >= 0.3 is 0 Å². The number of nitrogen functional groups attached to an aromatic ring is 1. The molecule has 134 valence electrons. The Bertz CT molecular complexity index is 755. The van der Waals surface area contributed by atoms with Gasteiger partial charge in [0.2, 0.25) is 5.91 Å². The summed E-state index contributed by atoms with van der Waals surface area (Å²) in [5, 5.41) is 6.27. The monoisotopic (exact) mass is 362 g/mol. The van der Waals surface area contributed by atoms with Crippen LogP contribution in [-0.2, 0) is 11.3 Å². The predicted molar refractivity (Wildman–Crippen MR) is 95.2 cm³/mol. The highest BCUT2D eigenvalue weighted by Gasteiger charge is 2.24. The molecule has 25 heavy (non-hydrogen) atoms. The zero-order chi connectivity index (χ0) is 17.8. The number of hydrogen-bond acceptors (Lipinski definition) is 6. The number of anilines is 1. The van der Waals surface area contributed by atoms with Gasteiger partial charge in [-0.1, -0.05) is 0 Å². The third-order valence-electron chi connectivity index (χ3n) is 4.19. The van der Waals surface area contributed by atoms with Crippen LogP contribution in [0.4, 0.5) is 5.13 Å². The SMILES string of the molecule is Cc1cnn(CCC(=O)N2CCCN(C(=O)c3csc(N)n3)CC2)c1. The van der Waals surface area contributed by atoms with Crippen molar-refractivity contribution in [3.63, 3.8) is 0 Å². The number of aryl methyl sites for hydroxylation is 2. The van der Waals surface area contributed by atoms with E-state index in [2.05, 4.69) is 10.1 Å². The molecule has 0 bridgehead atoms. The lowest BCUT2D eigenvalue weighted by Gasteiger charge is -2.21. The third-order valence-corrected chi connectivity index (χ3v) is 4.87. The van der Waals surface area contributed by atoms with Crippen molar-refractivity contribution in [2.75, 3.05) is 31.9 Å². The van der Waals surface area contributed by atoms with E-state index >= 15 is 0 Å². The Morgan fingerprint density at radius 2 is 2.00 bits per heavy atom. The normalized spacial score (nSPS) is 15.2. The first-order valence-corrected chi connectivity index (χ1v) is 9.18. The summed E-state index contributed by atoms with van der Waals surface area (Å²) in [7, 11) is 0. The van der Waals surface area contributed by atoms with Gasteiger partial charge in [0.1, 0.15) is 5.69 Å². The van der Waals surface area contributed by atoms with E-state index in [1.54, 1.807) is 21.2 Å². The number of nitrogens with two attached hydrogens (primary N) is 1. The average Bonchev–Trinajstić information content (AvgIpc) is 3.12. The molecule has 2 N–H and O–H groups in total. The van der Waals surface area contributed by atoms with E-state index in [1.807, 2.05) is 18.0 Å².